The highest BCUT2D eigenvalue weighted by Gasteiger charge is 2.28. The number of imide groups is 1. The minimum absolute atomic E-state index is 0.0431. The van der Waals surface area contributed by atoms with Crippen LogP contribution >= 0.6 is 0 Å². The van der Waals surface area contributed by atoms with E-state index in [1.165, 1.54) is 0 Å². The molecule has 0 aromatic carbocycles. The highest BCUT2D eigenvalue weighted by Crippen LogP contribution is 2.12. The molecule has 0 aliphatic carbocycles. The molecule has 3 amide bonds. The van der Waals surface area contributed by atoms with Crippen LogP contribution in [0.4, 0.5) is 4.79 Å². The summed E-state index contributed by atoms with van der Waals surface area (Å²) >= 11 is 0. The molecule has 16 heavy (non-hydrogen) atoms. The lowest BCUT2D eigenvalue weighted by Crippen LogP contribution is -2.50. The van der Waals surface area contributed by atoms with Crippen LogP contribution in [0.3, 0.4) is 0 Å². The van der Waals surface area contributed by atoms with Crippen LogP contribution in [-0.4, -0.2) is 43.7 Å². The van der Waals surface area contributed by atoms with Crippen molar-refractivity contribution >= 4 is 11.9 Å². The summed E-state index contributed by atoms with van der Waals surface area (Å²) in [5, 5.41) is 11.1. The van der Waals surface area contributed by atoms with Gasteiger partial charge in [0.2, 0.25) is 5.91 Å². The molecule has 1 unspecified atom stereocenters. The summed E-state index contributed by atoms with van der Waals surface area (Å²) in [6.45, 7) is 6.34. The molecule has 1 saturated heterocycles. The molecule has 1 fully saturated rings. The van der Waals surface area contributed by atoms with Gasteiger partial charge in [-0.2, -0.15) is 0 Å². The van der Waals surface area contributed by atoms with Gasteiger partial charge >= 0.3 is 6.03 Å². The Labute approximate surface area is 95.5 Å². The fraction of sp³-hybridized carbons (Fsp3) is 0.800. The van der Waals surface area contributed by atoms with E-state index in [1.54, 1.807) is 6.92 Å². The average Bonchev–Trinajstić information content (AvgIpc) is 2.63. The van der Waals surface area contributed by atoms with Crippen LogP contribution in [0.15, 0.2) is 0 Å². The maximum Gasteiger partial charge on any atom is 0.321 e. The molecule has 1 heterocycles. The van der Waals surface area contributed by atoms with Crippen molar-refractivity contribution in [2.75, 3.05) is 26.2 Å². The van der Waals surface area contributed by atoms with E-state index in [9.17, 15) is 9.59 Å². The molecule has 6 heteroatoms. The van der Waals surface area contributed by atoms with Gasteiger partial charge in [-0.25, -0.2) is 4.79 Å². The lowest BCUT2D eigenvalue weighted by molar-refractivity contribution is -0.119. The topological polar surface area (TPSA) is 82.3 Å². The van der Waals surface area contributed by atoms with Gasteiger partial charge in [-0.1, -0.05) is 0 Å². The fourth-order valence-corrected chi connectivity index (χ4v) is 1.64. The van der Waals surface area contributed by atoms with Gasteiger partial charge in [-0.3, -0.25) is 10.1 Å². The second-order valence-corrected chi connectivity index (χ2v) is 4.25. The molecule has 0 spiro atoms. The Morgan fingerprint density at radius 2 is 2.19 bits per heavy atom. The third-order valence-electron chi connectivity index (χ3n) is 2.63. The Hall–Kier alpha value is -1.14. The average molecular weight is 228 g/mol. The van der Waals surface area contributed by atoms with Gasteiger partial charge in [0.05, 0.1) is 6.54 Å². The predicted octanol–water partition coefficient (Wildman–Crippen LogP) is -0.826. The van der Waals surface area contributed by atoms with Crippen LogP contribution in [-0.2, 0) is 4.79 Å². The molecule has 1 aliphatic rings. The van der Waals surface area contributed by atoms with Gasteiger partial charge in [-0.15, -0.1) is 0 Å². The van der Waals surface area contributed by atoms with Crippen molar-refractivity contribution < 1.29 is 9.59 Å². The third-order valence-corrected chi connectivity index (χ3v) is 2.63. The number of urea groups is 1. The minimum Gasteiger partial charge on any atom is -0.338 e. The molecular weight excluding hydrogens is 208 g/mol. The van der Waals surface area contributed by atoms with Crippen LogP contribution in [0, 0.1) is 0 Å². The summed E-state index contributed by atoms with van der Waals surface area (Å²) < 4.78 is 0. The van der Waals surface area contributed by atoms with Crippen molar-refractivity contribution in [3.05, 3.63) is 0 Å². The fourth-order valence-electron chi connectivity index (χ4n) is 1.64. The summed E-state index contributed by atoms with van der Waals surface area (Å²) in [5.41, 5.74) is -0.0431. The van der Waals surface area contributed by atoms with Crippen molar-refractivity contribution in [1.29, 1.82) is 0 Å². The molecule has 0 aromatic heterocycles. The van der Waals surface area contributed by atoms with Crippen LogP contribution in [0.5, 0.6) is 0 Å². The molecule has 6 nitrogen and oxygen atoms in total. The molecule has 1 aliphatic heterocycles. The van der Waals surface area contributed by atoms with Gasteiger partial charge in [0.15, 0.2) is 0 Å². The zero-order chi connectivity index (χ0) is 12.0. The number of hydrogen-bond acceptors (Lipinski definition) is 4. The first-order valence-corrected chi connectivity index (χ1v) is 5.59. The van der Waals surface area contributed by atoms with Crippen molar-refractivity contribution in [2.24, 2.45) is 0 Å². The Bertz CT molecular complexity index is 262. The monoisotopic (exact) mass is 228 g/mol. The largest absolute Gasteiger partial charge is 0.338 e. The first-order chi connectivity index (χ1) is 7.56. The zero-order valence-corrected chi connectivity index (χ0v) is 9.85. The third kappa shape index (κ3) is 4.16. The molecule has 0 saturated carbocycles. The molecular formula is C10H20N4O2. The quantitative estimate of drug-likeness (QED) is 0.506. The summed E-state index contributed by atoms with van der Waals surface area (Å²) in [7, 11) is 0. The normalized spacial score (nSPS) is 24.1. The molecule has 0 bridgehead atoms. The van der Waals surface area contributed by atoms with E-state index in [0.717, 1.165) is 19.5 Å². The Kier molecular flexibility index (Phi) is 4.70. The van der Waals surface area contributed by atoms with E-state index in [4.69, 9.17) is 0 Å². The zero-order valence-electron chi connectivity index (χ0n) is 9.85. The standard InChI is InChI=1S/C10H20N4O2/c1-3-12-9(16)14-8(15)6-13-10(2)4-5-11-7-10/h11,13H,3-7H2,1-2H3,(H2,12,14,15,16). The molecule has 1 atom stereocenters. The highest BCUT2D eigenvalue weighted by molar-refractivity contribution is 5.95. The van der Waals surface area contributed by atoms with E-state index in [0.29, 0.717) is 6.54 Å². The maximum absolute atomic E-state index is 11.4. The van der Waals surface area contributed by atoms with Gasteiger partial charge < -0.3 is 16.0 Å². The first-order valence-electron chi connectivity index (χ1n) is 5.59. The number of hydrogen-bond donors (Lipinski definition) is 4. The van der Waals surface area contributed by atoms with Gasteiger partial charge in [0.25, 0.3) is 0 Å². The molecule has 0 aromatic rings. The summed E-state index contributed by atoms with van der Waals surface area (Å²) in [6.07, 6.45) is 0.988. The second-order valence-electron chi connectivity index (χ2n) is 4.25. The van der Waals surface area contributed by atoms with Crippen molar-refractivity contribution in [3.8, 4) is 0 Å². The lowest BCUT2D eigenvalue weighted by atomic mass is 10.0. The number of amides is 3. The smallest absolute Gasteiger partial charge is 0.321 e. The summed E-state index contributed by atoms with van der Waals surface area (Å²) in [5.74, 6) is -0.306. The van der Waals surface area contributed by atoms with Crippen LogP contribution in [0.2, 0.25) is 0 Å². The molecule has 92 valence electrons. The highest BCUT2D eigenvalue weighted by atomic mass is 16.2. The van der Waals surface area contributed by atoms with Gasteiger partial charge in [0.1, 0.15) is 0 Å². The Balaban J connectivity index is 2.22. The minimum atomic E-state index is -0.441. The van der Waals surface area contributed by atoms with E-state index < -0.39 is 6.03 Å². The number of carbonyl (C=O) groups excluding carboxylic acids is 2. The van der Waals surface area contributed by atoms with Crippen molar-refractivity contribution in [3.63, 3.8) is 0 Å². The molecule has 4 N–H and O–H groups in total. The van der Waals surface area contributed by atoms with Crippen LogP contribution < -0.4 is 21.3 Å². The second kappa shape index (κ2) is 5.81. The van der Waals surface area contributed by atoms with Crippen molar-refractivity contribution in [1.82, 2.24) is 21.3 Å². The van der Waals surface area contributed by atoms with E-state index >= 15 is 0 Å². The summed E-state index contributed by atoms with van der Waals surface area (Å²) in [6, 6.07) is -0.441. The van der Waals surface area contributed by atoms with E-state index in [1.807, 2.05) is 0 Å². The number of rotatable bonds is 4. The summed E-state index contributed by atoms with van der Waals surface area (Å²) in [4.78, 5) is 22.4. The van der Waals surface area contributed by atoms with Crippen LogP contribution in [0.1, 0.15) is 20.3 Å². The van der Waals surface area contributed by atoms with Gasteiger partial charge in [0, 0.05) is 18.6 Å². The SMILES string of the molecule is CCNC(=O)NC(=O)CNC1(C)CCNC1. The van der Waals surface area contributed by atoms with E-state index in [2.05, 4.69) is 28.2 Å². The first kappa shape index (κ1) is 12.9. The van der Waals surface area contributed by atoms with Gasteiger partial charge in [-0.05, 0) is 26.8 Å². The van der Waals surface area contributed by atoms with Crippen LogP contribution in [0.25, 0.3) is 0 Å². The number of carbonyl (C=O) groups is 2. The lowest BCUT2D eigenvalue weighted by Gasteiger charge is -2.23. The maximum atomic E-state index is 11.4. The van der Waals surface area contributed by atoms with E-state index in [-0.39, 0.29) is 18.0 Å². The molecule has 0 radical (unpaired) electrons. The molecule has 1 rings (SSSR count). The predicted molar refractivity (Wildman–Crippen MR) is 61.1 cm³/mol. The number of nitrogens with one attached hydrogen (secondary N) is 4. The van der Waals surface area contributed by atoms with Crippen molar-refractivity contribution in [2.45, 2.75) is 25.8 Å². The Morgan fingerprint density at radius 3 is 2.75 bits per heavy atom. The Morgan fingerprint density at radius 1 is 1.44 bits per heavy atom.